The van der Waals surface area contributed by atoms with Crippen molar-refractivity contribution in [1.29, 1.82) is 0 Å². The van der Waals surface area contributed by atoms with Gasteiger partial charge in [-0.3, -0.25) is 4.79 Å². The molecule has 0 saturated carbocycles. The predicted octanol–water partition coefficient (Wildman–Crippen LogP) is 6.68. The molecule has 2 aromatic carbocycles. The van der Waals surface area contributed by atoms with E-state index in [1.807, 2.05) is 47.8 Å². The number of thiophene rings is 1. The number of aromatic nitrogens is 1. The summed E-state index contributed by atoms with van der Waals surface area (Å²) in [5, 5.41) is 8.54. The van der Waals surface area contributed by atoms with Gasteiger partial charge in [0.1, 0.15) is 0 Å². The topological polar surface area (TPSA) is 45.6 Å². The number of carbonyl (C=O) groups excluding carboxylic acids is 1. The molecule has 5 rings (SSSR count). The maximum Gasteiger partial charge on any atom is 0.280 e. The molecule has 0 spiro atoms. The normalized spacial score (nSPS) is 13.6. The Balaban J connectivity index is 1.55. The van der Waals surface area contributed by atoms with Gasteiger partial charge in [0.15, 0.2) is 0 Å². The summed E-state index contributed by atoms with van der Waals surface area (Å²) in [5.74, 6) is -0.158. The SMILES string of the molecule is O=C(c1ccc2c(c1)CCCC2)N(/N=C/c1cccs1)c1nc2ccc(Br)cc2s1. The van der Waals surface area contributed by atoms with E-state index in [-0.39, 0.29) is 5.91 Å². The third-order valence-electron chi connectivity index (χ3n) is 5.15. The van der Waals surface area contributed by atoms with Crippen LogP contribution in [0.2, 0.25) is 0 Å². The van der Waals surface area contributed by atoms with Crippen LogP contribution < -0.4 is 5.01 Å². The van der Waals surface area contributed by atoms with Crippen LogP contribution in [0.15, 0.2) is 63.5 Å². The van der Waals surface area contributed by atoms with E-state index in [4.69, 9.17) is 0 Å². The Morgan fingerprint density at radius 2 is 1.97 bits per heavy atom. The molecule has 4 nitrogen and oxygen atoms in total. The second-order valence-corrected chi connectivity index (χ2v) is 10.1. The minimum atomic E-state index is -0.158. The molecule has 0 fully saturated rings. The summed E-state index contributed by atoms with van der Waals surface area (Å²) in [7, 11) is 0. The van der Waals surface area contributed by atoms with Crippen LogP contribution in [0, 0.1) is 0 Å². The van der Waals surface area contributed by atoms with E-state index < -0.39 is 0 Å². The number of hydrazone groups is 1. The Hall–Kier alpha value is -2.35. The highest BCUT2D eigenvalue weighted by molar-refractivity contribution is 9.10. The van der Waals surface area contributed by atoms with Crippen LogP contribution in [-0.4, -0.2) is 17.1 Å². The number of thiazole rings is 1. The fraction of sp³-hybridized carbons (Fsp3) is 0.174. The highest BCUT2D eigenvalue weighted by Crippen LogP contribution is 2.32. The van der Waals surface area contributed by atoms with Crippen molar-refractivity contribution in [2.45, 2.75) is 25.7 Å². The molecule has 2 aromatic heterocycles. The molecule has 4 aromatic rings. The van der Waals surface area contributed by atoms with Gasteiger partial charge < -0.3 is 0 Å². The van der Waals surface area contributed by atoms with Gasteiger partial charge in [0.2, 0.25) is 5.13 Å². The third-order valence-corrected chi connectivity index (χ3v) is 7.45. The second-order valence-electron chi connectivity index (χ2n) is 7.18. The predicted molar refractivity (Wildman–Crippen MR) is 129 cm³/mol. The molecule has 2 heterocycles. The Morgan fingerprint density at radius 3 is 2.80 bits per heavy atom. The van der Waals surface area contributed by atoms with E-state index in [0.717, 1.165) is 32.4 Å². The first-order valence-electron chi connectivity index (χ1n) is 9.77. The molecule has 0 bridgehead atoms. The molecular weight excluding hydrogens is 478 g/mol. The summed E-state index contributed by atoms with van der Waals surface area (Å²) in [5.41, 5.74) is 4.14. The van der Waals surface area contributed by atoms with E-state index in [2.05, 4.69) is 32.1 Å². The summed E-state index contributed by atoms with van der Waals surface area (Å²) in [6, 6.07) is 15.9. The number of halogens is 1. The number of amides is 1. The number of fused-ring (bicyclic) bond motifs is 2. The lowest BCUT2D eigenvalue weighted by molar-refractivity contribution is 0.0987. The lowest BCUT2D eigenvalue weighted by atomic mass is 9.90. The fourth-order valence-electron chi connectivity index (χ4n) is 3.63. The minimum Gasteiger partial charge on any atom is -0.267 e. The van der Waals surface area contributed by atoms with Crippen molar-refractivity contribution in [3.05, 3.63) is 80.0 Å². The van der Waals surface area contributed by atoms with Gasteiger partial charge in [0, 0.05) is 14.9 Å². The van der Waals surface area contributed by atoms with Crippen molar-refractivity contribution in [2.24, 2.45) is 5.10 Å². The largest absolute Gasteiger partial charge is 0.280 e. The van der Waals surface area contributed by atoms with Gasteiger partial charge in [-0.25, -0.2) is 4.98 Å². The standard InChI is InChI=1S/C23H18BrN3OS2/c24-18-9-10-20-21(13-18)30-23(26-20)27(25-14-19-6-3-11-29-19)22(28)17-8-7-15-4-1-2-5-16(15)12-17/h3,6-14H,1-2,4-5H2/b25-14+. The van der Waals surface area contributed by atoms with Gasteiger partial charge in [-0.1, -0.05) is 39.4 Å². The zero-order valence-electron chi connectivity index (χ0n) is 16.0. The lowest BCUT2D eigenvalue weighted by Crippen LogP contribution is -2.26. The summed E-state index contributed by atoms with van der Waals surface area (Å²) in [6.45, 7) is 0. The number of rotatable bonds is 4. The molecule has 0 N–H and O–H groups in total. The maximum atomic E-state index is 13.5. The number of anilines is 1. The van der Waals surface area contributed by atoms with Crippen LogP contribution in [0.1, 0.15) is 39.2 Å². The van der Waals surface area contributed by atoms with Gasteiger partial charge in [0.05, 0.1) is 16.4 Å². The van der Waals surface area contributed by atoms with Crippen molar-refractivity contribution in [3.8, 4) is 0 Å². The van der Waals surface area contributed by atoms with Crippen molar-refractivity contribution in [2.75, 3.05) is 5.01 Å². The molecule has 1 aliphatic rings. The molecule has 0 radical (unpaired) electrons. The minimum absolute atomic E-state index is 0.158. The van der Waals surface area contributed by atoms with Crippen molar-refractivity contribution >= 4 is 66.1 Å². The molecule has 0 aliphatic heterocycles. The Morgan fingerprint density at radius 1 is 1.10 bits per heavy atom. The van der Waals surface area contributed by atoms with Gasteiger partial charge in [-0.2, -0.15) is 10.1 Å². The van der Waals surface area contributed by atoms with Gasteiger partial charge in [-0.05, 0) is 78.6 Å². The van der Waals surface area contributed by atoms with E-state index in [1.54, 1.807) is 17.6 Å². The number of benzene rings is 2. The van der Waals surface area contributed by atoms with Gasteiger partial charge >= 0.3 is 0 Å². The van der Waals surface area contributed by atoms with E-state index in [9.17, 15) is 4.79 Å². The zero-order chi connectivity index (χ0) is 20.5. The molecule has 1 aliphatic carbocycles. The summed E-state index contributed by atoms with van der Waals surface area (Å²) in [4.78, 5) is 19.2. The van der Waals surface area contributed by atoms with Crippen molar-refractivity contribution in [1.82, 2.24) is 4.98 Å². The molecular formula is C23H18BrN3OS2. The summed E-state index contributed by atoms with van der Waals surface area (Å²) in [6.07, 6.45) is 6.25. The Kier molecular flexibility index (Phi) is 5.50. The number of carbonyl (C=O) groups is 1. The number of hydrogen-bond donors (Lipinski definition) is 0. The number of hydrogen-bond acceptors (Lipinski definition) is 5. The fourth-order valence-corrected chi connectivity index (χ4v) is 5.69. The Bertz CT molecular complexity index is 1250. The van der Waals surface area contributed by atoms with Crippen LogP contribution in [0.25, 0.3) is 10.2 Å². The highest BCUT2D eigenvalue weighted by Gasteiger charge is 2.22. The molecule has 0 atom stereocenters. The lowest BCUT2D eigenvalue weighted by Gasteiger charge is -2.18. The Labute approximate surface area is 191 Å². The highest BCUT2D eigenvalue weighted by atomic mass is 79.9. The summed E-state index contributed by atoms with van der Waals surface area (Å²) < 4.78 is 1.99. The van der Waals surface area contributed by atoms with Crippen LogP contribution in [-0.2, 0) is 12.8 Å². The smallest absolute Gasteiger partial charge is 0.267 e. The average molecular weight is 496 g/mol. The second kappa shape index (κ2) is 8.41. The zero-order valence-corrected chi connectivity index (χ0v) is 19.3. The number of aryl methyl sites for hydroxylation is 2. The monoisotopic (exact) mass is 495 g/mol. The van der Waals surface area contributed by atoms with E-state index in [1.165, 1.54) is 40.3 Å². The quantitative estimate of drug-likeness (QED) is 0.234. The van der Waals surface area contributed by atoms with E-state index in [0.29, 0.717) is 10.7 Å². The van der Waals surface area contributed by atoms with Crippen LogP contribution in [0.5, 0.6) is 0 Å². The molecule has 1 amide bonds. The van der Waals surface area contributed by atoms with Crippen LogP contribution in [0.3, 0.4) is 0 Å². The average Bonchev–Trinajstić information content (AvgIpc) is 3.43. The maximum absolute atomic E-state index is 13.5. The first kappa shape index (κ1) is 19.6. The number of nitrogens with zero attached hydrogens (tertiary/aromatic N) is 3. The first-order chi connectivity index (χ1) is 14.7. The molecule has 30 heavy (non-hydrogen) atoms. The van der Waals surface area contributed by atoms with Gasteiger partial charge in [0.25, 0.3) is 5.91 Å². The molecule has 7 heteroatoms. The van der Waals surface area contributed by atoms with Crippen molar-refractivity contribution in [3.63, 3.8) is 0 Å². The third kappa shape index (κ3) is 3.97. The molecule has 150 valence electrons. The van der Waals surface area contributed by atoms with Crippen LogP contribution >= 0.6 is 38.6 Å². The summed E-state index contributed by atoms with van der Waals surface area (Å²) >= 11 is 6.55. The molecule has 0 saturated heterocycles. The van der Waals surface area contributed by atoms with Gasteiger partial charge in [-0.15, -0.1) is 11.3 Å². The molecule has 0 unspecified atom stereocenters. The van der Waals surface area contributed by atoms with Crippen molar-refractivity contribution < 1.29 is 4.79 Å². The van der Waals surface area contributed by atoms with Crippen LogP contribution in [0.4, 0.5) is 5.13 Å². The first-order valence-corrected chi connectivity index (χ1v) is 12.3. The van der Waals surface area contributed by atoms with E-state index >= 15 is 0 Å².